The second-order valence-corrected chi connectivity index (χ2v) is 8.73. The zero-order chi connectivity index (χ0) is 22.7. The van der Waals surface area contributed by atoms with Crippen LogP contribution >= 0.6 is 0 Å². The van der Waals surface area contributed by atoms with Crippen molar-refractivity contribution in [3.63, 3.8) is 0 Å². The summed E-state index contributed by atoms with van der Waals surface area (Å²) in [5, 5.41) is 1.66. The van der Waals surface area contributed by atoms with Gasteiger partial charge in [-0.1, -0.05) is 42.5 Å². The molecule has 0 aromatic heterocycles. The Labute approximate surface area is 189 Å². The lowest BCUT2D eigenvalue weighted by Crippen LogP contribution is -2.40. The van der Waals surface area contributed by atoms with E-state index >= 15 is 0 Å². The van der Waals surface area contributed by atoms with Gasteiger partial charge in [-0.15, -0.1) is 0 Å². The van der Waals surface area contributed by atoms with E-state index in [1.165, 1.54) is 12.7 Å². The number of anilines is 1. The number of hydrogen-bond acceptors (Lipinski definition) is 5. The monoisotopic (exact) mass is 436 g/mol. The van der Waals surface area contributed by atoms with Crippen LogP contribution in [0, 0.1) is 0 Å². The number of piperidine rings is 1. The Morgan fingerprint density at radius 1 is 1.03 bits per heavy atom. The maximum absolute atomic E-state index is 12.6. The molecule has 2 saturated heterocycles. The smallest absolute Gasteiger partial charge is 0.340 e. The van der Waals surface area contributed by atoms with Crippen molar-refractivity contribution in [3.8, 4) is 0 Å². The Balaban J connectivity index is 1.40. The quantitative estimate of drug-likeness (QED) is 0.696. The van der Waals surface area contributed by atoms with Crippen molar-refractivity contribution in [1.82, 2.24) is 15.3 Å². The van der Waals surface area contributed by atoms with Crippen molar-refractivity contribution in [1.29, 1.82) is 0 Å². The molecule has 1 unspecified atom stereocenters. The van der Waals surface area contributed by atoms with Gasteiger partial charge < -0.3 is 4.74 Å². The number of hydrazine groups is 1. The fourth-order valence-electron chi connectivity index (χ4n) is 4.68. The summed E-state index contributed by atoms with van der Waals surface area (Å²) < 4.78 is 5.10. The zero-order valence-corrected chi connectivity index (χ0v) is 19.0. The lowest BCUT2D eigenvalue weighted by molar-refractivity contribution is -0.147. The normalized spacial score (nSPS) is 18.9. The molecule has 170 valence electrons. The highest BCUT2D eigenvalue weighted by atomic mass is 16.5. The van der Waals surface area contributed by atoms with Crippen molar-refractivity contribution in [3.05, 3.63) is 65.7 Å². The van der Waals surface area contributed by atoms with Crippen molar-refractivity contribution in [2.24, 2.45) is 0 Å². The molecule has 2 aromatic rings. The van der Waals surface area contributed by atoms with Gasteiger partial charge in [0.05, 0.1) is 13.8 Å². The summed E-state index contributed by atoms with van der Waals surface area (Å²) in [5.41, 5.74) is 6.30. The number of amides is 2. The molecule has 2 heterocycles. The van der Waals surface area contributed by atoms with E-state index in [0.29, 0.717) is 12.6 Å². The minimum absolute atomic E-state index is 0.0178. The largest absolute Gasteiger partial charge is 0.468 e. The van der Waals surface area contributed by atoms with E-state index in [1.807, 2.05) is 56.3 Å². The molecule has 1 N–H and O–H groups in total. The standard InChI is InChI=1S/C25H32N4O3/c1-18(2)29-25(31)28(17-26-29)22-11-9-19(10-12-22)20-13-15-27(16-14-20)23(24(30)32-3)21-7-5-4-6-8-21/h4-12,18,20,23,26H,13-17H2,1-3H3. The maximum atomic E-state index is 12.6. The number of esters is 1. The molecule has 2 aliphatic heterocycles. The summed E-state index contributed by atoms with van der Waals surface area (Å²) in [5.74, 6) is 0.229. The highest BCUT2D eigenvalue weighted by Gasteiger charge is 2.33. The molecule has 7 heteroatoms. The Kier molecular flexibility index (Phi) is 6.77. The fraction of sp³-hybridized carbons (Fsp3) is 0.440. The molecule has 2 aromatic carbocycles. The first kappa shape index (κ1) is 22.3. The molecule has 1 atom stereocenters. The maximum Gasteiger partial charge on any atom is 0.340 e. The first-order valence-electron chi connectivity index (χ1n) is 11.3. The van der Waals surface area contributed by atoms with Crippen LogP contribution in [0.15, 0.2) is 54.6 Å². The van der Waals surface area contributed by atoms with Crippen LogP contribution in [0.5, 0.6) is 0 Å². The molecule has 0 bridgehead atoms. The van der Waals surface area contributed by atoms with Gasteiger partial charge in [0, 0.05) is 11.7 Å². The van der Waals surface area contributed by atoms with Gasteiger partial charge in [0.15, 0.2) is 0 Å². The lowest BCUT2D eigenvalue weighted by Gasteiger charge is -2.36. The lowest BCUT2D eigenvalue weighted by atomic mass is 9.88. The summed E-state index contributed by atoms with van der Waals surface area (Å²) in [7, 11) is 1.45. The Morgan fingerprint density at radius 2 is 1.69 bits per heavy atom. The van der Waals surface area contributed by atoms with E-state index < -0.39 is 0 Å². The minimum Gasteiger partial charge on any atom is -0.468 e. The number of ether oxygens (including phenoxy) is 1. The molecule has 0 radical (unpaired) electrons. The summed E-state index contributed by atoms with van der Waals surface area (Å²) in [6.07, 6.45) is 1.95. The number of nitrogens with one attached hydrogen (secondary N) is 1. The molecule has 2 fully saturated rings. The van der Waals surface area contributed by atoms with Crippen LogP contribution in [-0.2, 0) is 9.53 Å². The first-order valence-corrected chi connectivity index (χ1v) is 11.3. The number of benzene rings is 2. The Hall–Kier alpha value is -2.90. The zero-order valence-electron chi connectivity index (χ0n) is 19.0. The number of carbonyl (C=O) groups is 2. The second-order valence-electron chi connectivity index (χ2n) is 8.73. The van der Waals surface area contributed by atoms with Crippen LogP contribution < -0.4 is 10.3 Å². The Morgan fingerprint density at radius 3 is 2.25 bits per heavy atom. The van der Waals surface area contributed by atoms with Crippen LogP contribution in [0.25, 0.3) is 0 Å². The second kappa shape index (κ2) is 9.71. The summed E-state index contributed by atoms with van der Waals surface area (Å²) >= 11 is 0. The SMILES string of the molecule is COC(=O)C(c1ccccc1)N1CCC(c2ccc(N3CNN(C(C)C)C3=O)cc2)CC1. The first-order chi connectivity index (χ1) is 15.5. The van der Waals surface area contributed by atoms with Gasteiger partial charge in [0.1, 0.15) is 6.04 Å². The van der Waals surface area contributed by atoms with Gasteiger partial charge in [0.2, 0.25) is 0 Å². The summed E-state index contributed by atoms with van der Waals surface area (Å²) in [6, 6.07) is 17.9. The van der Waals surface area contributed by atoms with E-state index in [0.717, 1.165) is 37.2 Å². The number of carbonyl (C=O) groups excluding carboxylic acids is 2. The number of hydrogen-bond donors (Lipinski definition) is 1. The van der Waals surface area contributed by atoms with Gasteiger partial charge in [-0.05, 0) is 69.0 Å². The predicted molar refractivity (Wildman–Crippen MR) is 124 cm³/mol. The number of likely N-dealkylation sites (tertiary alicyclic amines) is 1. The Bertz CT molecular complexity index is 924. The van der Waals surface area contributed by atoms with Crippen LogP contribution in [0.3, 0.4) is 0 Å². The average Bonchev–Trinajstić information content (AvgIpc) is 3.22. The van der Waals surface area contributed by atoms with E-state index in [-0.39, 0.29) is 24.1 Å². The number of nitrogens with zero attached hydrogens (tertiary/aromatic N) is 3. The highest BCUT2D eigenvalue weighted by Crippen LogP contribution is 2.34. The number of methoxy groups -OCH3 is 1. The molecular weight excluding hydrogens is 404 g/mol. The van der Waals surface area contributed by atoms with E-state index in [4.69, 9.17) is 4.74 Å². The molecule has 4 rings (SSSR count). The van der Waals surface area contributed by atoms with E-state index in [2.05, 4.69) is 22.5 Å². The molecular formula is C25H32N4O3. The molecule has 0 aliphatic carbocycles. The van der Waals surface area contributed by atoms with Gasteiger partial charge in [-0.3, -0.25) is 14.8 Å². The molecule has 32 heavy (non-hydrogen) atoms. The van der Waals surface area contributed by atoms with Crippen molar-refractivity contribution < 1.29 is 14.3 Å². The molecule has 2 amide bonds. The van der Waals surface area contributed by atoms with Crippen LogP contribution in [0.4, 0.5) is 10.5 Å². The van der Waals surface area contributed by atoms with Crippen molar-refractivity contribution >= 4 is 17.7 Å². The average molecular weight is 437 g/mol. The number of rotatable bonds is 6. The third-order valence-corrected chi connectivity index (χ3v) is 6.46. The third-order valence-electron chi connectivity index (χ3n) is 6.46. The summed E-state index contributed by atoms with van der Waals surface area (Å²) in [4.78, 5) is 29.1. The van der Waals surface area contributed by atoms with Gasteiger partial charge in [-0.25, -0.2) is 15.0 Å². The van der Waals surface area contributed by atoms with Gasteiger partial charge >= 0.3 is 12.0 Å². The highest BCUT2D eigenvalue weighted by molar-refractivity contribution is 5.93. The minimum atomic E-state index is -0.359. The van der Waals surface area contributed by atoms with Gasteiger partial charge in [-0.2, -0.15) is 0 Å². The molecule has 2 aliphatic rings. The third kappa shape index (κ3) is 4.49. The molecule has 7 nitrogen and oxygen atoms in total. The predicted octanol–water partition coefficient (Wildman–Crippen LogP) is 3.89. The van der Waals surface area contributed by atoms with Gasteiger partial charge in [0.25, 0.3) is 0 Å². The van der Waals surface area contributed by atoms with E-state index in [9.17, 15) is 9.59 Å². The molecule has 0 spiro atoms. The van der Waals surface area contributed by atoms with Crippen LogP contribution in [-0.4, -0.2) is 54.8 Å². The van der Waals surface area contributed by atoms with E-state index in [1.54, 1.807) is 9.91 Å². The van der Waals surface area contributed by atoms with Crippen LogP contribution in [0.1, 0.15) is 49.8 Å². The fourth-order valence-corrected chi connectivity index (χ4v) is 4.68. The summed E-state index contributed by atoms with van der Waals surface area (Å²) in [6.45, 7) is 6.14. The van der Waals surface area contributed by atoms with Crippen LogP contribution in [0.2, 0.25) is 0 Å². The van der Waals surface area contributed by atoms with Crippen molar-refractivity contribution in [2.75, 3.05) is 31.8 Å². The number of urea groups is 1. The van der Waals surface area contributed by atoms with Crippen molar-refractivity contribution in [2.45, 2.75) is 44.7 Å². The topological polar surface area (TPSA) is 65.1 Å². The molecule has 0 saturated carbocycles.